The molecule has 0 aliphatic rings. The zero-order valence-electron chi connectivity index (χ0n) is 11.4. The normalized spacial score (nSPS) is 10.7. The summed E-state index contributed by atoms with van der Waals surface area (Å²) < 4.78 is 7.89. The zero-order valence-corrected chi connectivity index (χ0v) is 11.4. The van der Waals surface area contributed by atoms with Gasteiger partial charge in [-0.15, -0.1) is 9.73 Å². The average Bonchev–Trinajstić information content (AvgIpc) is 2.97. The van der Waals surface area contributed by atoms with Crippen LogP contribution in [0.2, 0.25) is 0 Å². The first-order valence-electron chi connectivity index (χ1n) is 6.36. The van der Waals surface area contributed by atoms with Crippen molar-refractivity contribution in [1.29, 1.82) is 0 Å². The number of aromatic nitrogens is 6. The number of methoxy groups -OCH3 is 1. The Morgan fingerprint density at radius 3 is 2.86 bits per heavy atom. The quantitative estimate of drug-likeness (QED) is 0.497. The fourth-order valence-electron chi connectivity index (χ4n) is 1.85. The Bertz CT molecular complexity index is 735. The molecule has 3 heterocycles. The molecule has 0 bridgehead atoms. The van der Waals surface area contributed by atoms with Crippen molar-refractivity contribution in [3.8, 4) is 11.4 Å². The summed E-state index contributed by atoms with van der Waals surface area (Å²) in [4.78, 5) is 19.5. The van der Waals surface area contributed by atoms with E-state index >= 15 is 0 Å². The number of esters is 1. The molecule has 0 aliphatic heterocycles. The van der Waals surface area contributed by atoms with Gasteiger partial charge in [0.2, 0.25) is 0 Å². The van der Waals surface area contributed by atoms with Gasteiger partial charge >= 0.3 is 5.97 Å². The molecular formula is C13H13N6O2+. The SMILES string of the molecule is COC(=O)CC[n+]1ccc(-c2nc3nccnn3n2)cc1. The monoisotopic (exact) mass is 285 g/mol. The van der Waals surface area contributed by atoms with Crippen LogP contribution in [0.25, 0.3) is 17.2 Å². The van der Waals surface area contributed by atoms with Crippen LogP contribution in [-0.2, 0) is 16.1 Å². The van der Waals surface area contributed by atoms with E-state index in [0.717, 1.165) is 5.56 Å². The summed E-state index contributed by atoms with van der Waals surface area (Å²) in [7, 11) is 1.38. The number of pyridine rings is 1. The lowest BCUT2D eigenvalue weighted by atomic mass is 10.2. The molecule has 0 amide bonds. The third kappa shape index (κ3) is 2.83. The van der Waals surface area contributed by atoms with E-state index in [4.69, 9.17) is 0 Å². The molecule has 21 heavy (non-hydrogen) atoms. The molecule has 0 saturated carbocycles. The minimum absolute atomic E-state index is 0.231. The first kappa shape index (κ1) is 13.1. The van der Waals surface area contributed by atoms with Crippen LogP contribution in [0, 0.1) is 0 Å². The van der Waals surface area contributed by atoms with Crippen molar-refractivity contribution in [2.24, 2.45) is 0 Å². The fraction of sp³-hybridized carbons (Fsp3) is 0.231. The van der Waals surface area contributed by atoms with E-state index in [1.54, 1.807) is 12.4 Å². The van der Waals surface area contributed by atoms with Gasteiger partial charge in [0.15, 0.2) is 24.8 Å². The molecule has 0 unspecified atom stereocenters. The van der Waals surface area contributed by atoms with E-state index in [9.17, 15) is 4.79 Å². The lowest BCUT2D eigenvalue weighted by molar-refractivity contribution is -0.695. The van der Waals surface area contributed by atoms with Crippen molar-refractivity contribution in [2.75, 3.05) is 7.11 Å². The van der Waals surface area contributed by atoms with Crippen molar-refractivity contribution >= 4 is 11.7 Å². The van der Waals surface area contributed by atoms with Crippen LogP contribution in [0.4, 0.5) is 0 Å². The minimum atomic E-state index is -0.231. The molecule has 0 aliphatic carbocycles. The number of hydrogen-bond donors (Lipinski definition) is 0. The first-order chi connectivity index (χ1) is 10.3. The average molecular weight is 285 g/mol. The van der Waals surface area contributed by atoms with E-state index in [-0.39, 0.29) is 5.97 Å². The molecule has 3 aromatic heterocycles. The van der Waals surface area contributed by atoms with Crippen LogP contribution in [0.3, 0.4) is 0 Å². The van der Waals surface area contributed by atoms with Crippen LogP contribution in [0.1, 0.15) is 6.42 Å². The highest BCUT2D eigenvalue weighted by Crippen LogP contribution is 2.12. The number of hydrogen-bond acceptors (Lipinski definition) is 6. The highest BCUT2D eigenvalue weighted by atomic mass is 16.5. The maximum atomic E-state index is 11.1. The van der Waals surface area contributed by atoms with Gasteiger partial charge in [0.1, 0.15) is 6.42 Å². The minimum Gasteiger partial charge on any atom is -0.469 e. The maximum Gasteiger partial charge on any atom is 0.311 e. The van der Waals surface area contributed by atoms with E-state index in [0.29, 0.717) is 24.6 Å². The molecule has 0 spiro atoms. The molecule has 0 radical (unpaired) electrons. The molecule has 0 aromatic carbocycles. The predicted molar refractivity (Wildman–Crippen MR) is 70.8 cm³/mol. The fourth-order valence-corrected chi connectivity index (χ4v) is 1.85. The highest BCUT2D eigenvalue weighted by Gasteiger charge is 2.10. The van der Waals surface area contributed by atoms with Crippen molar-refractivity contribution in [2.45, 2.75) is 13.0 Å². The smallest absolute Gasteiger partial charge is 0.311 e. The van der Waals surface area contributed by atoms with Gasteiger partial charge in [-0.1, -0.05) is 0 Å². The molecule has 0 atom stereocenters. The summed E-state index contributed by atoms with van der Waals surface area (Å²) in [5.41, 5.74) is 0.858. The second-order valence-electron chi connectivity index (χ2n) is 4.32. The summed E-state index contributed by atoms with van der Waals surface area (Å²) in [6.07, 6.45) is 7.19. The summed E-state index contributed by atoms with van der Waals surface area (Å²) in [5.74, 6) is 0.780. The van der Waals surface area contributed by atoms with Crippen LogP contribution in [0.5, 0.6) is 0 Å². The highest BCUT2D eigenvalue weighted by molar-refractivity contribution is 5.68. The summed E-state index contributed by atoms with van der Waals surface area (Å²) in [6.45, 7) is 0.564. The second-order valence-corrected chi connectivity index (χ2v) is 4.32. The number of ether oxygens (including phenoxy) is 1. The standard InChI is InChI=1S/C13H13N6O2/c1-21-11(20)4-9-18-7-2-10(3-8-18)12-16-13-14-5-6-15-19(13)17-12/h2-3,5-8H,4,9H2,1H3/q+1. The van der Waals surface area contributed by atoms with E-state index in [1.165, 1.54) is 11.7 Å². The Morgan fingerprint density at radius 2 is 2.14 bits per heavy atom. The lowest BCUT2D eigenvalue weighted by Crippen LogP contribution is -2.33. The number of rotatable bonds is 4. The van der Waals surface area contributed by atoms with Crippen LogP contribution in [-0.4, -0.2) is 37.9 Å². The predicted octanol–water partition coefficient (Wildman–Crippen LogP) is 0.0369. The van der Waals surface area contributed by atoms with Gasteiger partial charge in [0.05, 0.1) is 19.5 Å². The molecule has 106 valence electrons. The number of nitrogens with zero attached hydrogens (tertiary/aromatic N) is 6. The second kappa shape index (κ2) is 5.61. The summed E-state index contributed by atoms with van der Waals surface area (Å²) in [5, 5.41) is 8.28. The third-order valence-corrected chi connectivity index (χ3v) is 2.96. The van der Waals surface area contributed by atoms with Crippen molar-refractivity contribution in [1.82, 2.24) is 24.8 Å². The van der Waals surface area contributed by atoms with E-state index in [2.05, 4.69) is 24.9 Å². The molecule has 3 aromatic rings. The van der Waals surface area contributed by atoms with Gasteiger partial charge in [-0.3, -0.25) is 4.79 Å². The van der Waals surface area contributed by atoms with E-state index < -0.39 is 0 Å². The Hall–Kier alpha value is -2.90. The number of aryl methyl sites for hydroxylation is 1. The lowest BCUT2D eigenvalue weighted by Gasteiger charge is -1.97. The first-order valence-corrected chi connectivity index (χ1v) is 6.36. The number of carbonyl (C=O) groups is 1. The topological polar surface area (TPSA) is 86.1 Å². The Morgan fingerprint density at radius 1 is 1.33 bits per heavy atom. The molecule has 0 saturated heterocycles. The van der Waals surface area contributed by atoms with E-state index in [1.807, 2.05) is 29.1 Å². The number of carbonyl (C=O) groups excluding carboxylic acids is 1. The van der Waals surface area contributed by atoms with Gasteiger partial charge in [-0.05, 0) is 0 Å². The Kier molecular flexibility index (Phi) is 3.50. The largest absolute Gasteiger partial charge is 0.469 e. The number of fused-ring (bicyclic) bond motifs is 1. The van der Waals surface area contributed by atoms with Crippen LogP contribution >= 0.6 is 0 Å². The zero-order chi connectivity index (χ0) is 14.7. The maximum absolute atomic E-state index is 11.1. The molecule has 3 rings (SSSR count). The van der Waals surface area contributed by atoms with Crippen LogP contribution < -0.4 is 4.57 Å². The third-order valence-electron chi connectivity index (χ3n) is 2.96. The van der Waals surface area contributed by atoms with Gasteiger partial charge < -0.3 is 4.74 Å². The molecule has 0 fully saturated rings. The Balaban J connectivity index is 1.78. The van der Waals surface area contributed by atoms with Gasteiger partial charge in [0, 0.05) is 17.7 Å². The molecule has 0 N–H and O–H groups in total. The summed E-state index contributed by atoms with van der Waals surface area (Å²) >= 11 is 0. The van der Waals surface area contributed by atoms with Gasteiger partial charge in [-0.2, -0.15) is 10.1 Å². The molecule has 8 heteroatoms. The van der Waals surface area contributed by atoms with Crippen LogP contribution in [0.15, 0.2) is 36.9 Å². The van der Waals surface area contributed by atoms with Crippen molar-refractivity contribution in [3.63, 3.8) is 0 Å². The van der Waals surface area contributed by atoms with Crippen molar-refractivity contribution < 1.29 is 14.1 Å². The molecule has 8 nitrogen and oxygen atoms in total. The summed E-state index contributed by atoms with van der Waals surface area (Å²) in [6, 6.07) is 3.76. The van der Waals surface area contributed by atoms with Gasteiger partial charge in [-0.25, -0.2) is 9.55 Å². The van der Waals surface area contributed by atoms with Gasteiger partial charge in [0.25, 0.3) is 5.78 Å². The van der Waals surface area contributed by atoms with Crippen molar-refractivity contribution in [3.05, 3.63) is 36.9 Å². The Labute approximate surface area is 120 Å². The molecular weight excluding hydrogens is 272 g/mol.